The number of phenolic OH excluding ortho intramolecular Hbond substituents is 2. The van der Waals surface area contributed by atoms with E-state index >= 15 is 0 Å². The van der Waals surface area contributed by atoms with Gasteiger partial charge in [-0.1, -0.05) is 6.07 Å². The largest absolute Gasteiger partial charge is 0.504 e. The quantitative estimate of drug-likeness (QED) is 0.811. The van der Waals surface area contributed by atoms with Crippen LogP contribution in [0.2, 0.25) is 0 Å². The molecule has 0 bridgehead atoms. The van der Waals surface area contributed by atoms with Gasteiger partial charge in [0.25, 0.3) is 5.91 Å². The summed E-state index contributed by atoms with van der Waals surface area (Å²) < 4.78 is 36.8. The number of hydrogen-bond donors (Lipinski definition) is 2. The number of piperazine rings is 1. The second kappa shape index (κ2) is 5.80. The standard InChI is InChI=1S/C13H15F3N2O3/c14-13(15,16)8-17-4-6-18(7-5-17)12(21)9-2-1-3-10(19)11(9)20/h1-3,19-20H,4-8H2. The maximum Gasteiger partial charge on any atom is 0.401 e. The number of halogens is 3. The van der Waals surface area contributed by atoms with Gasteiger partial charge in [-0.25, -0.2) is 0 Å². The second-order valence-electron chi connectivity index (χ2n) is 4.86. The van der Waals surface area contributed by atoms with Gasteiger partial charge in [0.15, 0.2) is 11.5 Å². The smallest absolute Gasteiger partial charge is 0.401 e. The molecule has 0 radical (unpaired) electrons. The molecule has 0 saturated carbocycles. The first-order valence-corrected chi connectivity index (χ1v) is 6.37. The molecular weight excluding hydrogens is 289 g/mol. The lowest BCUT2D eigenvalue weighted by atomic mass is 10.1. The Hall–Kier alpha value is -1.96. The van der Waals surface area contributed by atoms with Crippen LogP contribution in [0.5, 0.6) is 11.5 Å². The van der Waals surface area contributed by atoms with Gasteiger partial charge in [0, 0.05) is 26.2 Å². The molecule has 1 aliphatic heterocycles. The fourth-order valence-corrected chi connectivity index (χ4v) is 2.24. The van der Waals surface area contributed by atoms with Crippen LogP contribution in [0.4, 0.5) is 13.2 Å². The number of amides is 1. The first-order valence-electron chi connectivity index (χ1n) is 6.37. The number of nitrogens with zero attached hydrogens (tertiary/aromatic N) is 2. The van der Waals surface area contributed by atoms with Crippen LogP contribution >= 0.6 is 0 Å². The SMILES string of the molecule is O=C(c1cccc(O)c1O)N1CCN(CC(F)(F)F)CC1. The van der Waals surface area contributed by atoms with Crippen LogP contribution in [-0.2, 0) is 0 Å². The normalized spacial score (nSPS) is 17.0. The van der Waals surface area contributed by atoms with Crippen molar-refractivity contribution in [3.63, 3.8) is 0 Å². The summed E-state index contributed by atoms with van der Waals surface area (Å²) in [6.07, 6.45) is -4.25. The highest BCUT2D eigenvalue weighted by Crippen LogP contribution is 2.29. The summed E-state index contributed by atoms with van der Waals surface area (Å²) in [5.41, 5.74) is -0.0562. The Labute approximate surface area is 119 Å². The zero-order valence-electron chi connectivity index (χ0n) is 11.1. The molecular formula is C13H15F3N2O3. The molecule has 1 saturated heterocycles. The number of aromatic hydroxyl groups is 2. The van der Waals surface area contributed by atoms with Crippen LogP contribution in [0.15, 0.2) is 18.2 Å². The molecule has 1 amide bonds. The highest BCUT2D eigenvalue weighted by atomic mass is 19.4. The Bertz CT molecular complexity index is 526. The first-order chi connectivity index (χ1) is 9.78. The highest BCUT2D eigenvalue weighted by Gasteiger charge is 2.33. The van der Waals surface area contributed by atoms with E-state index in [4.69, 9.17) is 0 Å². The predicted octanol–water partition coefficient (Wildman–Crippen LogP) is 1.42. The molecule has 1 heterocycles. The number of carbonyl (C=O) groups excluding carboxylic acids is 1. The molecule has 1 aliphatic rings. The van der Waals surface area contributed by atoms with E-state index in [2.05, 4.69) is 0 Å². The average Bonchev–Trinajstić information content (AvgIpc) is 2.40. The van der Waals surface area contributed by atoms with E-state index in [1.165, 1.54) is 28.0 Å². The van der Waals surface area contributed by atoms with Gasteiger partial charge < -0.3 is 15.1 Å². The molecule has 2 N–H and O–H groups in total. The zero-order valence-corrected chi connectivity index (χ0v) is 11.1. The minimum atomic E-state index is -4.25. The fourth-order valence-electron chi connectivity index (χ4n) is 2.24. The molecule has 0 aromatic heterocycles. The van der Waals surface area contributed by atoms with E-state index in [1.807, 2.05) is 0 Å². The van der Waals surface area contributed by atoms with Crippen LogP contribution in [0.3, 0.4) is 0 Å². The van der Waals surface area contributed by atoms with E-state index < -0.39 is 30.1 Å². The lowest BCUT2D eigenvalue weighted by Crippen LogP contribution is -2.50. The average molecular weight is 304 g/mol. The van der Waals surface area contributed by atoms with Crippen molar-refractivity contribution in [2.45, 2.75) is 6.18 Å². The van der Waals surface area contributed by atoms with Crippen LogP contribution in [-0.4, -0.2) is 64.8 Å². The molecule has 1 fully saturated rings. The van der Waals surface area contributed by atoms with Gasteiger partial charge in [0.1, 0.15) is 0 Å². The fraction of sp³-hybridized carbons (Fsp3) is 0.462. The third kappa shape index (κ3) is 3.78. The van der Waals surface area contributed by atoms with E-state index in [0.717, 1.165) is 0 Å². The van der Waals surface area contributed by atoms with Crippen molar-refractivity contribution in [1.29, 1.82) is 0 Å². The molecule has 5 nitrogen and oxygen atoms in total. The van der Waals surface area contributed by atoms with Gasteiger partial charge in [-0.15, -0.1) is 0 Å². The van der Waals surface area contributed by atoms with Crippen molar-refractivity contribution in [2.24, 2.45) is 0 Å². The lowest BCUT2D eigenvalue weighted by Gasteiger charge is -2.35. The molecule has 0 spiro atoms. The lowest BCUT2D eigenvalue weighted by molar-refractivity contribution is -0.148. The predicted molar refractivity (Wildman–Crippen MR) is 68.2 cm³/mol. The molecule has 0 atom stereocenters. The van der Waals surface area contributed by atoms with Crippen molar-refractivity contribution >= 4 is 5.91 Å². The molecule has 0 unspecified atom stereocenters. The van der Waals surface area contributed by atoms with Gasteiger partial charge in [-0.05, 0) is 12.1 Å². The summed E-state index contributed by atoms with van der Waals surface area (Å²) in [6, 6.07) is 4.02. The van der Waals surface area contributed by atoms with Crippen molar-refractivity contribution in [3.05, 3.63) is 23.8 Å². The molecule has 2 rings (SSSR count). The summed E-state index contributed by atoms with van der Waals surface area (Å²) in [7, 11) is 0. The Morgan fingerprint density at radius 2 is 1.76 bits per heavy atom. The molecule has 1 aromatic rings. The number of alkyl halides is 3. The molecule has 8 heteroatoms. The maximum atomic E-state index is 12.3. The van der Waals surface area contributed by atoms with E-state index in [1.54, 1.807) is 0 Å². The Morgan fingerprint density at radius 3 is 2.33 bits per heavy atom. The van der Waals surface area contributed by atoms with Crippen LogP contribution in [0.25, 0.3) is 0 Å². The minimum Gasteiger partial charge on any atom is -0.504 e. The van der Waals surface area contributed by atoms with Crippen LogP contribution in [0, 0.1) is 0 Å². The van der Waals surface area contributed by atoms with Gasteiger partial charge in [0.2, 0.25) is 0 Å². The van der Waals surface area contributed by atoms with Crippen molar-refractivity contribution < 1.29 is 28.2 Å². The number of carbonyl (C=O) groups is 1. The van der Waals surface area contributed by atoms with E-state index in [9.17, 15) is 28.2 Å². The van der Waals surface area contributed by atoms with Gasteiger partial charge in [0.05, 0.1) is 12.1 Å². The van der Waals surface area contributed by atoms with E-state index in [-0.39, 0.29) is 31.7 Å². The topological polar surface area (TPSA) is 64.0 Å². The summed E-state index contributed by atoms with van der Waals surface area (Å²) >= 11 is 0. The van der Waals surface area contributed by atoms with Crippen LogP contribution < -0.4 is 0 Å². The summed E-state index contributed by atoms with van der Waals surface area (Å²) in [5.74, 6) is -1.42. The summed E-state index contributed by atoms with van der Waals surface area (Å²) in [6.45, 7) is -0.476. The van der Waals surface area contributed by atoms with E-state index in [0.29, 0.717) is 0 Å². The van der Waals surface area contributed by atoms with Gasteiger partial charge >= 0.3 is 6.18 Å². The maximum absolute atomic E-state index is 12.3. The number of hydrogen-bond acceptors (Lipinski definition) is 4. The number of para-hydroxylation sites is 1. The van der Waals surface area contributed by atoms with Crippen molar-refractivity contribution in [1.82, 2.24) is 9.80 Å². The summed E-state index contributed by atoms with van der Waals surface area (Å²) in [5, 5.41) is 19.0. The Morgan fingerprint density at radius 1 is 1.14 bits per heavy atom. The number of rotatable bonds is 2. The minimum absolute atomic E-state index is 0.0562. The Kier molecular flexibility index (Phi) is 4.26. The third-order valence-electron chi connectivity index (χ3n) is 3.31. The highest BCUT2D eigenvalue weighted by molar-refractivity contribution is 5.97. The first kappa shape index (κ1) is 15.4. The third-order valence-corrected chi connectivity index (χ3v) is 3.31. The van der Waals surface area contributed by atoms with Gasteiger partial charge in [-0.2, -0.15) is 13.2 Å². The molecule has 116 valence electrons. The zero-order chi connectivity index (χ0) is 15.6. The molecule has 1 aromatic carbocycles. The van der Waals surface area contributed by atoms with Crippen molar-refractivity contribution in [3.8, 4) is 11.5 Å². The number of phenols is 2. The second-order valence-corrected chi connectivity index (χ2v) is 4.86. The Balaban J connectivity index is 1.99. The van der Waals surface area contributed by atoms with Crippen LogP contribution in [0.1, 0.15) is 10.4 Å². The van der Waals surface area contributed by atoms with Gasteiger partial charge in [-0.3, -0.25) is 9.69 Å². The monoisotopic (exact) mass is 304 g/mol. The number of benzene rings is 1. The molecule has 0 aliphatic carbocycles. The summed E-state index contributed by atoms with van der Waals surface area (Å²) in [4.78, 5) is 14.8. The molecule has 21 heavy (non-hydrogen) atoms. The van der Waals surface area contributed by atoms with Crippen molar-refractivity contribution in [2.75, 3.05) is 32.7 Å².